The highest BCUT2D eigenvalue weighted by Gasteiger charge is 2.27. The van der Waals surface area contributed by atoms with Gasteiger partial charge in [-0.05, 0) is 44.4 Å². The number of hydrogen-bond acceptors (Lipinski definition) is 4. The first-order valence-electron chi connectivity index (χ1n) is 9.00. The minimum absolute atomic E-state index is 0.0798. The van der Waals surface area contributed by atoms with Gasteiger partial charge in [-0.15, -0.1) is 5.10 Å². The van der Waals surface area contributed by atoms with Crippen LogP contribution < -0.4 is 5.32 Å². The lowest BCUT2D eigenvalue weighted by Crippen LogP contribution is -2.47. The topological polar surface area (TPSA) is 63.1 Å². The van der Waals surface area contributed by atoms with Crippen molar-refractivity contribution in [2.75, 3.05) is 20.1 Å². The van der Waals surface area contributed by atoms with Crippen LogP contribution in [-0.4, -0.2) is 51.8 Å². The second-order valence-corrected chi connectivity index (χ2v) is 6.99. The number of nitrogens with one attached hydrogen (secondary N) is 1. The molecule has 3 rings (SSSR count). The van der Waals surface area contributed by atoms with E-state index in [1.54, 1.807) is 4.68 Å². The van der Waals surface area contributed by atoms with Gasteiger partial charge >= 0.3 is 0 Å². The molecule has 0 aliphatic carbocycles. The van der Waals surface area contributed by atoms with E-state index in [1.807, 2.05) is 37.1 Å². The number of rotatable bonds is 4. The maximum absolute atomic E-state index is 12.8. The number of likely N-dealkylation sites (N-methyl/N-ethyl adjacent to an activating group) is 1. The molecule has 0 radical (unpaired) electrons. The Morgan fingerprint density at radius 2 is 2.08 bits per heavy atom. The average molecular weight is 341 g/mol. The second kappa shape index (κ2) is 7.35. The third kappa shape index (κ3) is 3.58. The molecule has 6 heteroatoms. The molecule has 25 heavy (non-hydrogen) atoms. The predicted octanol–water partition coefficient (Wildman–Crippen LogP) is 2.52. The van der Waals surface area contributed by atoms with E-state index < -0.39 is 0 Å². The highest BCUT2D eigenvalue weighted by atomic mass is 16.2. The van der Waals surface area contributed by atoms with Crippen LogP contribution in [0, 0.1) is 6.92 Å². The molecule has 6 nitrogen and oxygen atoms in total. The van der Waals surface area contributed by atoms with E-state index in [0.29, 0.717) is 18.5 Å². The number of benzene rings is 1. The fourth-order valence-corrected chi connectivity index (χ4v) is 3.42. The molecule has 1 aliphatic rings. The molecule has 1 unspecified atom stereocenters. The molecule has 1 amide bonds. The zero-order chi connectivity index (χ0) is 18.0. The fourth-order valence-electron chi connectivity index (χ4n) is 3.42. The van der Waals surface area contributed by atoms with E-state index in [4.69, 9.17) is 0 Å². The summed E-state index contributed by atoms with van der Waals surface area (Å²) in [6.07, 6.45) is 2.11. The Bertz CT molecular complexity index is 752. The first kappa shape index (κ1) is 17.6. The standard InChI is InChI=1S/C19H27N5O/c1-13(2)16-9-5-6-10-17(16)24-14(3)21-18(22-24)19(25)23-11-7-8-15(12-23)20-4/h5-6,9-10,13,15,20H,7-8,11-12H2,1-4H3. The molecule has 2 aromatic rings. The van der Waals surface area contributed by atoms with Gasteiger partial charge in [0.15, 0.2) is 0 Å². The van der Waals surface area contributed by atoms with E-state index in [1.165, 1.54) is 5.56 Å². The molecule has 2 heterocycles. The van der Waals surface area contributed by atoms with Crippen molar-refractivity contribution in [2.24, 2.45) is 0 Å². The summed E-state index contributed by atoms with van der Waals surface area (Å²) in [7, 11) is 1.94. The Morgan fingerprint density at radius 3 is 2.80 bits per heavy atom. The zero-order valence-electron chi connectivity index (χ0n) is 15.5. The molecule has 1 aromatic carbocycles. The number of piperidine rings is 1. The quantitative estimate of drug-likeness (QED) is 0.928. The Morgan fingerprint density at radius 1 is 1.32 bits per heavy atom. The van der Waals surface area contributed by atoms with Crippen molar-refractivity contribution >= 4 is 5.91 Å². The van der Waals surface area contributed by atoms with Gasteiger partial charge in [-0.3, -0.25) is 4.79 Å². The van der Waals surface area contributed by atoms with Gasteiger partial charge in [0.05, 0.1) is 5.69 Å². The van der Waals surface area contributed by atoms with Crippen LogP contribution in [0.15, 0.2) is 24.3 Å². The van der Waals surface area contributed by atoms with Crippen LogP contribution in [0.4, 0.5) is 0 Å². The number of hydrogen-bond donors (Lipinski definition) is 1. The van der Waals surface area contributed by atoms with Crippen molar-refractivity contribution in [3.8, 4) is 5.69 Å². The smallest absolute Gasteiger partial charge is 0.293 e. The van der Waals surface area contributed by atoms with Gasteiger partial charge in [0.2, 0.25) is 5.82 Å². The van der Waals surface area contributed by atoms with Crippen LogP contribution in [0.1, 0.15) is 54.6 Å². The van der Waals surface area contributed by atoms with Crippen molar-refractivity contribution in [1.29, 1.82) is 0 Å². The molecule has 0 spiro atoms. The molecule has 134 valence electrons. The van der Waals surface area contributed by atoms with E-state index in [-0.39, 0.29) is 11.7 Å². The van der Waals surface area contributed by atoms with Crippen molar-refractivity contribution in [3.63, 3.8) is 0 Å². The summed E-state index contributed by atoms with van der Waals surface area (Å²) in [5, 5.41) is 7.81. The minimum Gasteiger partial charge on any atom is -0.334 e. The molecule has 1 fully saturated rings. The maximum atomic E-state index is 12.8. The predicted molar refractivity (Wildman–Crippen MR) is 98.2 cm³/mol. The van der Waals surface area contributed by atoms with Gasteiger partial charge in [-0.2, -0.15) is 0 Å². The van der Waals surface area contributed by atoms with Crippen molar-refractivity contribution in [3.05, 3.63) is 41.5 Å². The molecule has 0 bridgehead atoms. The van der Waals surface area contributed by atoms with E-state index in [9.17, 15) is 4.79 Å². The van der Waals surface area contributed by atoms with Gasteiger partial charge < -0.3 is 10.2 Å². The first-order chi connectivity index (χ1) is 12.0. The van der Waals surface area contributed by atoms with Gasteiger partial charge in [0, 0.05) is 19.1 Å². The summed E-state index contributed by atoms with van der Waals surface area (Å²) in [5.41, 5.74) is 2.19. The normalized spacial score (nSPS) is 18.0. The molecule has 1 aromatic heterocycles. The Labute approximate surface area is 149 Å². The number of amides is 1. The number of likely N-dealkylation sites (tertiary alicyclic amines) is 1. The number of carbonyl (C=O) groups excluding carboxylic acids is 1. The van der Waals surface area contributed by atoms with Crippen LogP contribution >= 0.6 is 0 Å². The highest BCUT2D eigenvalue weighted by Crippen LogP contribution is 2.23. The molecule has 1 atom stereocenters. The molecule has 1 N–H and O–H groups in total. The minimum atomic E-state index is -0.0798. The van der Waals surface area contributed by atoms with Gasteiger partial charge in [0.25, 0.3) is 5.91 Å². The summed E-state index contributed by atoms with van der Waals surface area (Å²) in [4.78, 5) is 19.1. The summed E-state index contributed by atoms with van der Waals surface area (Å²) < 4.78 is 1.79. The third-order valence-corrected chi connectivity index (χ3v) is 4.86. The van der Waals surface area contributed by atoms with Gasteiger partial charge in [0.1, 0.15) is 5.82 Å². The van der Waals surface area contributed by atoms with Crippen LogP contribution in [0.25, 0.3) is 5.69 Å². The van der Waals surface area contributed by atoms with Crippen molar-refractivity contribution < 1.29 is 4.79 Å². The molecule has 1 saturated heterocycles. The second-order valence-electron chi connectivity index (χ2n) is 6.99. The Balaban J connectivity index is 1.89. The van der Waals surface area contributed by atoms with Crippen molar-refractivity contribution in [1.82, 2.24) is 25.0 Å². The number of para-hydroxylation sites is 1. The molecule has 1 aliphatic heterocycles. The summed E-state index contributed by atoms with van der Waals surface area (Å²) in [6.45, 7) is 7.69. The number of carbonyl (C=O) groups is 1. The summed E-state index contributed by atoms with van der Waals surface area (Å²) in [5.74, 6) is 1.31. The van der Waals surface area contributed by atoms with Crippen LogP contribution in [-0.2, 0) is 0 Å². The van der Waals surface area contributed by atoms with Gasteiger partial charge in [-0.1, -0.05) is 32.0 Å². The third-order valence-electron chi connectivity index (χ3n) is 4.86. The Hall–Kier alpha value is -2.21. The number of nitrogens with zero attached hydrogens (tertiary/aromatic N) is 4. The lowest BCUT2D eigenvalue weighted by Gasteiger charge is -2.31. The van der Waals surface area contributed by atoms with E-state index in [0.717, 1.165) is 30.9 Å². The van der Waals surface area contributed by atoms with E-state index in [2.05, 4.69) is 35.3 Å². The lowest BCUT2D eigenvalue weighted by molar-refractivity contribution is 0.0686. The van der Waals surface area contributed by atoms with Crippen LogP contribution in [0.2, 0.25) is 0 Å². The van der Waals surface area contributed by atoms with E-state index >= 15 is 0 Å². The zero-order valence-corrected chi connectivity index (χ0v) is 15.5. The first-order valence-corrected chi connectivity index (χ1v) is 9.00. The molecular formula is C19H27N5O. The Kier molecular flexibility index (Phi) is 5.18. The number of aromatic nitrogens is 3. The molecular weight excluding hydrogens is 314 g/mol. The van der Waals surface area contributed by atoms with Gasteiger partial charge in [-0.25, -0.2) is 9.67 Å². The van der Waals surface area contributed by atoms with Crippen molar-refractivity contribution in [2.45, 2.75) is 45.6 Å². The SMILES string of the molecule is CNC1CCCN(C(=O)c2nc(C)n(-c3ccccc3C(C)C)n2)C1. The summed E-state index contributed by atoms with van der Waals surface area (Å²) in [6, 6.07) is 8.51. The lowest BCUT2D eigenvalue weighted by atomic mass is 10.0. The monoisotopic (exact) mass is 341 g/mol. The molecule has 0 saturated carbocycles. The summed E-state index contributed by atoms with van der Waals surface area (Å²) >= 11 is 0. The number of aryl methyl sites for hydroxylation is 1. The fraction of sp³-hybridized carbons (Fsp3) is 0.526. The van der Waals surface area contributed by atoms with Crippen LogP contribution in [0.5, 0.6) is 0 Å². The maximum Gasteiger partial charge on any atom is 0.293 e. The highest BCUT2D eigenvalue weighted by molar-refractivity contribution is 5.90. The largest absolute Gasteiger partial charge is 0.334 e. The average Bonchev–Trinajstić information content (AvgIpc) is 3.02. The van der Waals surface area contributed by atoms with Crippen LogP contribution in [0.3, 0.4) is 0 Å².